The van der Waals surface area contributed by atoms with E-state index in [-0.39, 0.29) is 12.6 Å². The lowest BCUT2D eigenvalue weighted by Crippen LogP contribution is -2.54. The zero-order valence-corrected chi connectivity index (χ0v) is 14.2. The van der Waals surface area contributed by atoms with Crippen LogP contribution in [-0.4, -0.2) is 54.5 Å². The van der Waals surface area contributed by atoms with Crippen molar-refractivity contribution >= 4 is 21.7 Å². The summed E-state index contributed by atoms with van der Waals surface area (Å²) in [6, 6.07) is 2.20. The highest BCUT2D eigenvalue weighted by Crippen LogP contribution is 2.30. The number of nitro groups is 1. The van der Waals surface area contributed by atoms with Gasteiger partial charge in [0.05, 0.1) is 11.5 Å². The number of hydrogen-bond acceptors (Lipinski definition) is 6. The van der Waals surface area contributed by atoms with Crippen molar-refractivity contribution in [1.82, 2.24) is 9.62 Å². The molecule has 0 aromatic heterocycles. The van der Waals surface area contributed by atoms with Crippen molar-refractivity contribution in [3.63, 3.8) is 0 Å². The van der Waals surface area contributed by atoms with Gasteiger partial charge in [-0.3, -0.25) is 19.8 Å². The van der Waals surface area contributed by atoms with E-state index in [1.165, 1.54) is 0 Å². The topological polar surface area (TPSA) is 130 Å². The van der Waals surface area contributed by atoms with E-state index in [9.17, 15) is 27.7 Å². The molecule has 0 aliphatic heterocycles. The van der Waals surface area contributed by atoms with Crippen LogP contribution in [0.15, 0.2) is 23.1 Å². The average Bonchev–Trinajstić information content (AvgIpc) is 2.47. The van der Waals surface area contributed by atoms with Crippen LogP contribution >= 0.6 is 0 Å². The summed E-state index contributed by atoms with van der Waals surface area (Å²) in [6.45, 7) is 2.14. The Balaban J connectivity index is 2.10. The Labute approximate surface area is 143 Å². The molecule has 0 saturated heterocycles. The fourth-order valence-electron chi connectivity index (χ4n) is 2.84. The van der Waals surface area contributed by atoms with Gasteiger partial charge in [-0.05, 0) is 25.5 Å². The summed E-state index contributed by atoms with van der Waals surface area (Å²) in [5.41, 5.74) is -0.829. The minimum absolute atomic E-state index is 0.107. The summed E-state index contributed by atoms with van der Waals surface area (Å²) in [6.07, 6.45) is 0.700. The van der Waals surface area contributed by atoms with Gasteiger partial charge in [0.15, 0.2) is 4.90 Å². The van der Waals surface area contributed by atoms with Crippen LogP contribution in [0.1, 0.15) is 19.8 Å². The van der Waals surface area contributed by atoms with E-state index in [1.807, 2.05) is 0 Å². The third-order valence-electron chi connectivity index (χ3n) is 4.11. The minimum Gasteiger partial charge on any atom is -0.480 e. The van der Waals surface area contributed by atoms with E-state index in [1.54, 1.807) is 11.8 Å². The molecule has 9 nitrogen and oxygen atoms in total. The Kier molecular flexibility index (Phi) is 5.70. The molecule has 0 amide bonds. The molecule has 0 spiro atoms. The van der Waals surface area contributed by atoms with Crippen LogP contribution in [0.25, 0.3) is 0 Å². The van der Waals surface area contributed by atoms with Crippen LogP contribution in [0.4, 0.5) is 10.1 Å². The molecular formula is C14H18FN3O6S. The largest absolute Gasteiger partial charge is 0.480 e. The maximum absolute atomic E-state index is 13.9. The van der Waals surface area contributed by atoms with Crippen molar-refractivity contribution in [2.24, 2.45) is 0 Å². The van der Waals surface area contributed by atoms with Crippen molar-refractivity contribution < 1.29 is 27.6 Å². The van der Waals surface area contributed by atoms with E-state index in [0.29, 0.717) is 19.4 Å². The van der Waals surface area contributed by atoms with Crippen LogP contribution in [0.3, 0.4) is 0 Å². The number of nitrogens with one attached hydrogen (secondary N) is 1. The summed E-state index contributed by atoms with van der Waals surface area (Å²) in [5.74, 6) is -2.17. The third-order valence-corrected chi connectivity index (χ3v) is 5.69. The van der Waals surface area contributed by atoms with Crippen molar-refractivity contribution in [2.45, 2.75) is 36.7 Å². The molecular weight excluding hydrogens is 357 g/mol. The zero-order valence-electron chi connectivity index (χ0n) is 13.4. The number of hydrogen-bond donors (Lipinski definition) is 2. The Morgan fingerprint density at radius 1 is 1.48 bits per heavy atom. The van der Waals surface area contributed by atoms with Crippen LogP contribution in [0.5, 0.6) is 0 Å². The number of carboxylic acid groups (broad SMARTS) is 1. The second-order valence-corrected chi connectivity index (χ2v) is 7.40. The minimum atomic E-state index is -4.41. The Morgan fingerprint density at radius 2 is 2.12 bits per heavy atom. The second-order valence-electron chi connectivity index (χ2n) is 5.75. The lowest BCUT2D eigenvalue weighted by atomic mass is 9.86. The van der Waals surface area contributed by atoms with Crippen LogP contribution < -0.4 is 4.72 Å². The normalized spacial score (nSPS) is 20.3. The molecule has 1 aliphatic rings. The first-order valence-electron chi connectivity index (χ1n) is 7.56. The van der Waals surface area contributed by atoms with Crippen molar-refractivity contribution in [3.05, 3.63) is 34.1 Å². The number of nitrogens with zero attached hydrogens (tertiary/aromatic N) is 2. The molecule has 2 N–H and O–H groups in total. The molecule has 138 valence electrons. The lowest BCUT2D eigenvalue weighted by molar-refractivity contribution is -0.388. The fourth-order valence-corrected chi connectivity index (χ4v) is 4.33. The standard InChI is InChI=1S/C14H18FN3O6S/c1-2-17(8-13(19)20)10-6-9(7-10)16-25(23,24)14-11(15)4-3-5-12(14)18(21)22/h3-5,9-10,16H,2,6-8H2,1H3,(H,19,20). The van der Waals surface area contributed by atoms with E-state index < -0.39 is 43.4 Å². The van der Waals surface area contributed by atoms with E-state index in [4.69, 9.17) is 5.11 Å². The number of rotatable bonds is 8. The number of carboxylic acids is 1. The molecule has 11 heteroatoms. The molecule has 25 heavy (non-hydrogen) atoms. The average molecular weight is 375 g/mol. The van der Waals surface area contributed by atoms with Crippen molar-refractivity contribution in [2.75, 3.05) is 13.1 Å². The maximum atomic E-state index is 13.9. The van der Waals surface area contributed by atoms with Gasteiger partial charge in [-0.1, -0.05) is 13.0 Å². The predicted octanol–water partition coefficient (Wildman–Crippen LogP) is 0.950. The lowest BCUT2D eigenvalue weighted by Gasteiger charge is -2.42. The number of likely N-dealkylation sites (N-methyl/N-ethyl adjacent to an activating group) is 1. The van der Waals surface area contributed by atoms with Crippen LogP contribution in [-0.2, 0) is 14.8 Å². The Hall–Kier alpha value is -2.11. The summed E-state index contributed by atoms with van der Waals surface area (Å²) in [7, 11) is -4.41. The highest BCUT2D eigenvalue weighted by atomic mass is 32.2. The van der Waals surface area contributed by atoms with Crippen molar-refractivity contribution in [1.29, 1.82) is 0 Å². The van der Waals surface area contributed by atoms with Gasteiger partial charge in [0.1, 0.15) is 5.82 Å². The van der Waals surface area contributed by atoms with Gasteiger partial charge in [0.2, 0.25) is 0 Å². The summed E-state index contributed by atoms with van der Waals surface area (Å²) >= 11 is 0. The van der Waals surface area contributed by atoms with E-state index in [0.717, 1.165) is 18.2 Å². The van der Waals surface area contributed by atoms with Gasteiger partial charge < -0.3 is 5.11 Å². The van der Waals surface area contributed by atoms with Gasteiger partial charge in [0, 0.05) is 18.2 Å². The molecule has 0 atom stereocenters. The summed E-state index contributed by atoms with van der Waals surface area (Å²) < 4.78 is 40.8. The third kappa shape index (κ3) is 4.30. The number of nitro benzene ring substituents is 1. The second kappa shape index (κ2) is 7.42. The number of sulfonamides is 1. The van der Waals surface area contributed by atoms with Gasteiger partial charge in [-0.15, -0.1) is 0 Å². The molecule has 0 unspecified atom stereocenters. The molecule has 2 rings (SSSR count). The van der Waals surface area contributed by atoms with Crippen LogP contribution in [0, 0.1) is 15.9 Å². The molecule has 1 aromatic rings. The van der Waals surface area contributed by atoms with Crippen molar-refractivity contribution in [3.8, 4) is 0 Å². The molecule has 1 fully saturated rings. The highest BCUT2D eigenvalue weighted by Gasteiger charge is 2.39. The molecule has 1 saturated carbocycles. The Bertz CT molecular complexity index is 779. The Morgan fingerprint density at radius 3 is 2.64 bits per heavy atom. The van der Waals surface area contributed by atoms with Gasteiger partial charge in [0.25, 0.3) is 15.7 Å². The fraction of sp³-hybridized carbons (Fsp3) is 0.500. The van der Waals surface area contributed by atoms with Gasteiger partial charge >= 0.3 is 5.97 Å². The number of halogens is 1. The molecule has 0 heterocycles. The number of benzene rings is 1. The number of carbonyl (C=O) groups is 1. The smallest absolute Gasteiger partial charge is 0.317 e. The van der Waals surface area contributed by atoms with Crippen LogP contribution in [0.2, 0.25) is 0 Å². The molecule has 0 radical (unpaired) electrons. The predicted molar refractivity (Wildman–Crippen MR) is 85.1 cm³/mol. The zero-order chi connectivity index (χ0) is 18.8. The number of aliphatic carboxylic acids is 1. The quantitative estimate of drug-likeness (QED) is 0.511. The monoisotopic (exact) mass is 375 g/mol. The molecule has 1 aromatic carbocycles. The van der Waals surface area contributed by atoms with Gasteiger partial charge in [-0.25, -0.2) is 17.5 Å². The maximum Gasteiger partial charge on any atom is 0.317 e. The summed E-state index contributed by atoms with van der Waals surface area (Å²) in [4.78, 5) is 21.5. The first kappa shape index (κ1) is 19.2. The highest BCUT2D eigenvalue weighted by molar-refractivity contribution is 7.89. The van der Waals surface area contributed by atoms with Gasteiger partial charge in [-0.2, -0.15) is 0 Å². The molecule has 0 bridgehead atoms. The first-order valence-corrected chi connectivity index (χ1v) is 9.05. The van der Waals surface area contributed by atoms with E-state index in [2.05, 4.69) is 4.72 Å². The SMILES string of the molecule is CCN(CC(=O)O)C1CC(NS(=O)(=O)c2c(F)cccc2[N+](=O)[O-])C1. The summed E-state index contributed by atoms with van der Waals surface area (Å²) in [5, 5.41) is 19.8. The van der Waals surface area contributed by atoms with E-state index >= 15 is 0 Å². The molecule has 1 aliphatic carbocycles. The first-order chi connectivity index (χ1) is 11.7.